The van der Waals surface area contributed by atoms with E-state index in [1.165, 1.54) is 35.8 Å². The molecule has 0 saturated heterocycles. The normalized spacial score (nSPS) is 12.1. The minimum absolute atomic E-state index is 0.0687. The Morgan fingerprint density at radius 2 is 2.14 bits per heavy atom. The fourth-order valence-corrected chi connectivity index (χ4v) is 4.58. The lowest BCUT2D eigenvalue weighted by molar-refractivity contribution is 0.0947. The number of fused-ring (bicyclic) bond motifs is 1. The van der Waals surface area contributed by atoms with Crippen LogP contribution in [0, 0.1) is 0 Å². The van der Waals surface area contributed by atoms with E-state index in [1.54, 1.807) is 18.2 Å². The molecule has 3 heterocycles. The van der Waals surface area contributed by atoms with Crippen LogP contribution in [-0.2, 0) is 6.54 Å². The SMILES string of the molecule is COc1cccc2cc(C(=O)NCc3ccc(C(O)c4ccsc4)s3)c(=O)oc12. The van der Waals surface area contributed by atoms with Crippen molar-refractivity contribution in [2.45, 2.75) is 12.6 Å². The number of nitrogens with one attached hydrogen (secondary N) is 1. The van der Waals surface area contributed by atoms with E-state index >= 15 is 0 Å². The monoisotopic (exact) mass is 427 g/mol. The number of carbonyl (C=O) groups is 1. The summed E-state index contributed by atoms with van der Waals surface area (Å²) in [7, 11) is 1.49. The van der Waals surface area contributed by atoms with Crippen molar-refractivity contribution < 1.29 is 19.1 Å². The van der Waals surface area contributed by atoms with Crippen LogP contribution in [0.15, 0.2) is 62.4 Å². The van der Waals surface area contributed by atoms with Crippen molar-refractivity contribution in [3.8, 4) is 5.75 Å². The van der Waals surface area contributed by atoms with E-state index in [0.717, 1.165) is 15.3 Å². The van der Waals surface area contributed by atoms with Crippen LogP contribution in [0.4, 0.5) is 0 Å². The average molecular weight is 428 g/mol. The Hall–Kier alpha value is -2.94. The summed E-state index contributed by atoms with van der Waals surface area (Å²) in [5, 5.41) is 17.6. The zero-order chi connectivity index (χ0) is 20.4. The largest absolute Gasteiger partial charge is 0.493 e. The number of aliphatic hydroxyl groups excluding tert-OH is 1. The molecule has 29 heavy (non-hydrogen) atoms. The molecule has 3 aromatic heterocycles. The van der Waals surface area contributed by atoms with Gasteiger partial charge in [-0.05, 0) is 46.7 Å². The lowest BCUT2D eigenvalue weighted by atomic mass is 10.1. The Bertz CT molecular complexity index is 1210. The summed E-state index contributed by atoms with van der Waals surface area (Å²) in [6, 6.07) is 12.3. The summed E-state index contributed by atoms with van der Waals surface area (Å²) in [6.45, 7) is 0.245. The molecular formula is C21H17NO5S2. The van der Waals surface area contributed by atoms with Crippen LogP contribution in [-0.4, -0.2) is 18.1 Å². The molecule has 6 nitrogen and oxygen atoms in total. The molecule has 0 radical (unpaired) electrons. The zero-order valence-corrected chi connectivity index (χ0v) is 17.0. The third-order valence-electron chi connectivity index (χ3n) is 4.42. The van der Waals surface area contributed by atoms with E-state index in [-0.39, 0.29) is 12.1 Å². The van der Waals surface area contributed by atoms with Gasteiger partial charge in [-0.25, -0.2) is 4.79 Å². The van der Waals surface area contributed by atoms with Crippen molar-refractivity contribution >= 4 is 39.5 Å². The Morgan fingerprint density at radius 1 is 1.28 bits per heavy atom. The van der Waals surface area contributed by atoms with Crippen LogP contribution >= 0.6 is 22.7 Å². The topological polar surface area (TPSA) is 88.8 Å². The molecule has 0 spiro atoms. The maximum Gasteiger partial charge on any atom is 0.349 e. The lowest BCUT2D eigenvalue weighted by Crippen LogP contribution is -2.27. The Balaban J connectivity index is 1.49. The summed E-state index contributed by atoms with van der Waals surface area (Å²) in [6.07, 6.45) is -0.682. The molecule has 0 aliphatic rings. The summed E-state index contributed by atoms with van der Waals surface area (Å²) >= 11 is 2.94. The second kappa shape index (κ2) is 8.20. The molecule has 8 heteroatoms. The van der Waals surface area contributed by atoms with E-state index < -0.39 is 17.6 Å². The number of carbonyl (C=O) groups excluding carboxylic acids is 1. The fraction of sp³-hybridized carbons (Fsp3) is 0.143. The fourth-order valence-electron chi connectivity index (χ4n) is 2.93. The number of amides is 1. The van der Waals surface area contributed by atoms with Crippen molar-refractivity contribution in [1.82, 2.24) is 5.32 Å². The maximum atomic E-state index is 12.5. The van der Waals surface area contributed by atoms with Gasteiger partial charge in [0, 0.05) is 15.1 Å². The van der Waals surface area contributed by atoms with E-state index in [9.17, 15) is 14.7 Å². The van der Waals surface area contributed by atoms with Gasteiger partial charge in [-0.1, -0.05) is 12.1 Å². The van der Waals surface area contributed by atoms with Crippen LogP contribution < -0.4 is 15.7 Å². The minimum Gasteiger partial charge on any atom is -0.493 e. The molecule has 0 aliphatic carbocycles. The van der Waals surface area contributed by atoms with Crippen molar-refractivity contribution in [1.29, 1.82) is 0 Å². The Kier molecular flexibility index (Phi) is 5.48. The first-order valence-electron chi connectivity index (χ1n) is 8.74. The van der Waals surface area contributed by atoms with E-state index in [2.05, 4.69) is 5.32 Å². The molecule has 1 amide bonds. The van der Waals surface area contributed by atoms with E-state index in [4.69, 9.17) is 9.15 Å². The molecular weight excluding hydrogens is 410 g/mol. The predicted molar refractivity (Wildman–Crippen MR) is 113 cm³/mol. The Morgan fingerprint density at radius 3 is 2.90 bits per heavy atom. The summed E-state index contributed by atoms with van der Waals surface area (Å²) in [4.78, 5) is 26.5. The molecule has 0 fully saturated rings. The molecule has 4 rings (SSSR count). The highest BCUT2D eigenvalue weighted by molar-refractivity contribution is 7.12. The van der Waals surface area contributed by atoms with Crippen molar-refractivity contribution in [3.05, 3.63) is 84.5 Å². The number of hydrogen-bond donors (Lipinski definition) is 2. The first-order valence-corrected chi connectivity index (χ1v) is 10.5. The third kappa shape index (κ3) is 3.95. The van der Waals surface area contributed by atoms with Crippen LogP contribution in [0.25, 0.3) is 11.0 Å². The van der Waals surface area contributed by atoms with E-state index in [0.29, 0.717) is 16.7 Å². The van der Waals surface area contributed by atoms with Crippen LogP contribution in [0.1, 0.15) is 31.8 Å². The molecule has 4 aromatic rings. The highest BCUT2D eigenvalue weighted by Gasteiger charge is 2.17. The van der Waals surface area contributed by atoms with Gasteiger partial charge in [0.05, 0.1) is 13.7 Å². The smallest absolute Gasteiger partial charge is 0.349 e. The summed E-state index contributed by atoms with van der Waals surface area (Å²) < 4.78 is 10.5. The van der Waals surface area contributed by atoms with Gasteiger partial charge in [0.2, 0.25) is 0 Å². The first-order chi connectivity index (χ1) is 14.1. The molecule has 0 bridgehead atoms. The van der Waals surface area contributed by atoms with Gasteiger partial charge in [-0.3, -0.25) is 4.79 Å². The van der Waals surface area contributed by atoms with Crippen molar-refractivity contribution in [3.63, 3.8) is 0 Å². The minimum atomic E-state index is -0.723. The molecule has 1 unspecified atom stereocenters. The van der Waals surface area contributed by atoms with Gasteiger partial charge in [-0.15, -0.1) is 11.3 Å². The van der Waals surface area contributed by atoms with Gasteiger partial charge in [0.15, 0.2) is 11.3 Å². The van der Waals surface area contributed by atoms with Crippen molar-refractivity contribution in [2.24, 2.45) is 0 Å². The maximum absolute atomic E-state index is 12.5. The average Bonchev–Trinajstić information content (AvgIpc) is 3.43. The van der Waals surface area contributed by atoms with Gasteiger partial charge >= 0.3 is 5.63 Å². The molecule has 0 saturated carbocycles. The van der Waals surface area contributed by atoms with Crippen molar-refractivity contribution in [2.75, 3.05) is 7.11 Å². The van der Waals surface area contributed by atoms with Crippen LogP contribution in [0.3, 0.4) is 0 Å². The highest BCUT2D eigenvalue weighted by Crippen LogP contribution is 2.29. The number of methoxy groups -OCH3 is 1. The number of para-hydroxylation sites is 1. The van der Waals surface area contributed by atoms with Gasteiger partial charge in [-0.2, -0.15) is 11.3 Å². The second-order valence-electron chi connectivity index (χ2n) is 6.27. The molecule has 148 valence electrons. The van der Waals surface area contributed by atoms with Crippen LogP contribution in [0.2, 0.25) is 0 Å². The zero-order valence-electron chi connectivity index (χ0n) is 15.4. The molecule has 2 N–H and O–H groups in total. The lowest BCUT2D eigenvalue weighted by Gasteiger charge is -2.07. The van der Waals surface area contributed by atoms with Crippen LogP contribution in [0.5, 0.6) is 5.75 Å². The second-order valence-corrected chi connectivity index (χ2v) is 8.25. The Labute approximate surface area is 174 Å². The summed E-state index contributed by atoms with van der Waals surface area (Å²) in [5.74, 6) is -0.0846. The number of hydrogen-bond acceptors (Lipinski definition) is 7. The number of ether oxygens (including phenoxy) is 1. The third-order valence-corrected chi connectivity index (χ3v) is 6.26. The number of aliphatic hydroxyl groups is 1. The highest BCUT2D eigenvalue weighted by atomic mass is 32.1. The van der Waals surface area contributed by atoms with E-state index in [1.807, 2.05) is 29.0 Å². The number of rotatable bonds is 6. The quantitative estimate of drug-likeness (QED) is 0.455. The predicted octanol–water partition coefficient (Wildman–Crippen LogP) is 3.94. The molecule has 1 aromatic carbocycles. The molecule has 1 atom stereocenters. The summed E-state index contributed by atoms with van der Waals surface area (Å²) in [5.41, 5.74) is 0.360. The number of thiophene rings is 2. The number of benzene rings is 1. The standard InChI is InChI=1S/C21H17NO5S2/c1-26-16-4-2-3-12-9-15(21(25)27-19(12)16)20(24)22-10-14-5-6-17(29-14)18(23)13-7-8-28-11-13/h2-9,11,18,23H,10H2,1H3,(H,22,24). The van der Waals surface area contributed by atoms with Gasteiger partial charge in [0.1, 0.15) is 11.7 Å². The van der Waals surface area contributed by atoms with Gasteiger partial charge in [0.25, 0.3) is 5.91 Å². The first kappa shape index (κ1) is 19.4. The molecule has 0 aliphatic heterocycles. The van der Waals surface area contributed by atoms with Gasteiger partial charge < -0.3 is 19.6 Å².